The molecule has 2 aromatic heterocycles. The summed E-state index contributed by atoms with van der Waals surface area (Å²) in [4.78, 5) is 19.3. The van der Waals surface area contributed by atoms with Crippen LogP contribution in [0.15, 0.2) is 46.8 Å². The maximum absolute atomic E-state index is 13.3. The molecule has 25 heavy (non-hydrogen) atoms. The molecule has 0 radical (unpaired) electrons. The number of benzene rings is 1. The second-order valence-corrected chi connectivity index (χ2v) is 7.56. The van der Waals surface area contributed by atoms with Gasteiger partial charge in [-0.15, -0.1) is 22.7 Å². The molecule has 130 valence electrons. The number of thiazole rings is 1. The van der Waals surface area contributed by atoms with Gasteiger partial charge in [-0.3, -0.25) is 4.79 Å². The Balaban J connectivity index is 2.15. The smallest absolute Gasteiger partial charge is 0.289 e. The number of aryl methyl sites for hydroxylation is 1. The average molecular weight is 375 g/mol. The summed E-state index contributed by atoms with van der Waals surface area (Å²) in [5, 5.41) is 1.87. The highest BCUT2D eigenvalue weighted by atomic mass is 32.1. The van der Waals surface area contributed by atoms with E-state index in [2.05, 4.69) is 16.5 Å². The van der Waals surface area contributed by atoms with Gasteiger partial charge in [-0.25, -0.2) is 4.39 Å². The Kier molecular flexibility index (Phi) is 5.60. The first-order valence-electron chi connectivity index (χ1n) is 8.25. The highest BCUT2D eigenvalue weighted by molar-refractivity contribution is 7.12. The van der Waals surface area contributed by atoms with Gasteiger partial charge >= 0.3 is 0 Å². The zero-order chi connectivity index (χ0) is 17.8. The molecule has 0 saturated carbocycles. The second-order valence-electron chi connectivity index (χ2n) is 5.55. The van der Waals surface area contributed by atoms with E-state index in [1.54, 1.807) is 29.5 Å². The first-order valence-corrected chi connectivity index (χ1v) is 9.94. The highest BCUT2D eigenvalue weighted by Gasteiger charge is 2.15. The molecule has 0 fully saturated rings. The quantitative estimate of drug-likeness (QED) is 0.609. The molecule has 2 heterocycles. The number of hydrogen-bond donors (Lipinski definition) is 0. The van der Waals surface area contributed by atoms with Crippen LogP contribution in [-0.2, 0) is 13.0 Å². The lowest BCUT2D eigenvalue weighted by Gasteiger charge is -2.09. The van der Waals surface area contributed by atoms with Crippen molar-refractivity contribution in [1.82, 2.24) is 4.57 Å². The fraction of sp³-hybridized carbons (Fsp3) is 0.263. The van der Waals surface area contributed by atoms with Crippen molar-refractivity contribution in [3.05, 3.63) is 62.2 Å². The minimum absolute atomic E-state index is 0.216. The van der Waals surface area contributed by atoms with Crippen LogP contribution in [0.2, 0.25) is 0 Å². The third-order valence-electron chi connectivity index (χ3n) is 3.82. The average Bonchev–Trinajstić information content (AvgIpc) is 3.24. The van der Waals surface area contributed by atoms with E-state index in [4.69, 9.17) is 0 Å². The van der Waals surface area contributed by atoms with Gasteiger partial charge in [-0.1, -0.05) is 19.4 Å². The van der Waals surface area contributed by atoms with E-state index >= 15 is 0 Å². The summed E-state index contributed by atoms with van der Waals surface area (Å²) in [6.07, 6.45) is 1.90. The molecule has 1 amide bonds. The summed E-state index contributed by atoms with van der Waals surface area (Å²) in [7, 11) is 0. The van der Waals surface area contributed by atoms with E-state index in [0.29, 0.717) is 16.2 Å². The van der Waals surface area contributed by atoms with Crippen LogP contribution in [0, 0.1) is 5.82 Å². The number of rotatable bonds is 5. The van der Waals surface area contributed by atoms with E-state index < -0.39 is 0 Å². The summed E-state index contributed by atoms with van der Waals surface area (Å²) in [6, 6.07) is 10.1. The number of carbonyl (C=O) groups excluding carboxylic acids is 1. The number of carbonyl (C=O) groups is 1. The van der Waals surface area contributed by atoms with Crippen LogP contribution in [0.5, 0.6) is 0 Å². The van der Waals surface area contributed by atoms with E-state index in [9.17, 15) is 9.18 Å². The van der Waals surface area contributed by atoms with Crippen LogP contribution in [0.1, 0.15) is 34.8 Å². The lowest BCUT2D eigenvalue weighted by Crippen LogP contribution is -2.16. The summed E-state index contributed by atoms with van der Waals surface area (Å²) >= 11 is 2.94. The molecule has 0 bridgehead atoms. The van der Waals surface area contributed by atoms with Crippen molar-refractivity contribution in [2.45, 2.75) is 33.2 Å². The Labute approximate surface area is 154 Å². The zero-order valence-electron chi connectivity index (χ0n) is 14.2. The Morgan fingerprint density at radius 2 is 1.96 bits per heavy atom. The standard InChI is InChI=1S/C19H19FN2OS2/c1-3-6-15-17(13-8-10-14(20)11-9-13)22(4-2)19(25-15)21-18(23)16-7-5-12-24-16/h5,7-12H,3-4,6H2,1-2H3. The molecule has 0 saturated heterocycles. The maximum Gasteiger partial charge on any atom is 0.289 e. The van der Waals surface area contributed by atoms with Gasteiger partial charge in [0, 0.05) is 11.4 Å². The second kappa shape index (κ2) is 7.89. The molecule has 6 heteroatoms. The van der Waals surface area contributed by atoms with Gasteiger partial charge in [0.15, 0.2) is 4.80 Å². The fourth-order valence-corrected chi connectivity index (χ4v) is 4.62. The molecular weight excluding hydrogens is 355 g/mol. The van der Waals surface area contributed by atoms with E-state index in [1.807, 2.05) is 18.4 Å². The summed E-state index contributed by atoms with van der Waals surface area (Å²) in [6.45, 7) is 4.85. The minimum atomic E-state index is -0.253. The summed E-state index contributed by atoms with van der Waals surface area (Å²) < 4.78 is 15.4. The molecular formula is C19H19FN2OS2. The monoisotopic (exact) mass is 374 g/mol. The SMILES string of the molecule is CCCc1sc(=NC(=O)c2cccs2)n(CC)c1-c1ccc(F)cc1. The number of nitrogens with zero attached hydrogens (tertiary/aromatic N) is 2. The van der Waals surface area contributed by atoms with Crippen LogP contribution in [-0.4, -0.2) is 10.5 Å². The molecule has 0 N–H and O–H groups in total. The largest absolute Gasteiger partial charge is 0.316 e. The first-order chi connectivity index (χ1) is 12.1. The predicted molar refractivity (Wildman–Crippen MR) is 102 cm³/mol. The van der Waals surface area contributed by atoms with Gasteiger partial charge in [-0.2, -0.15) is 4.99 Å². The lowest BCUT2D eigenvalue weighted by molar-refractivity contribution is 0.100. The lowest BCUT2D eigenvalue weighted by atomic mass is 10.1. The van der Waals surface area contributed by atoms with Gasteiger partial charge < -0.3 is 4.57 Å². The Morgan fingerprint density at radius 1 is 1.20 bits per heavy atom. The van der Waals surface area contributed by atoms with Crippen LogP contribution in [0.25, 0.3) is 11.3 Å². The highest BCUT2D eigenvalue weighted by Crippen LogP contribution is 2.27. The molecule has 3 aromatic rings. The van der Waals surface area contributed by atoms with Gasteiger partial charge in [0.1, 0.15) is 5.82 Å². The van der Waals surface area contributed by atoms with Gasteiger partial charge in [0.2, 0.25) is 0 Å². The molecule has 0 atom stereocenters. The third kappa shape index (κ3) is 3.80. The van der Waals surface area contributed by atoms with E-state index in [1.165, 1.54) is 28.3 Å². The number of halogens is 1. The van der Waals surface area contributed by atoms with Crippen LogP contribution in [0.4, 0.5) is 4.39 Å². The maximum atomic E-state index is 13.3. The van der Waals surface area contributed by atoms with Crippen LogP contribution >= 0.6 is 22.7 Å². The number of thiophene rings is 1. The topological polar surface area (TPSA) is 34.4 Å². The van der Waals surface area contributed by atoms with Crippen molar-refractivity contribution >= 4 is 28.6 Å². The van der Waals surface area contributed by atoms with E-state index in [0.717, 1.165) is 24.1 Å². The Hall–Kier alpha value is -2.05. The third-order valence-corrected chi connectivity index (χ3v) is 5.82. The zero-order valence-corrected chi connectivity index (χ0v) is 15.8. The van der Waals surface area contributed by atoms with Crippen molar-refractivity contribution < 1.29 is 9.18 Å². The van der Waals surface area contributed by atoms with Crippen molar-refractivity contribution in [1.29, 1.82) is 0 Å². The normalized spacial score (nSPS) is 11.9. The molecule has 1 aromatic carbocycles. The van der Waals surface area contributed by atoms with E-state index in [-0.39, 0.29) is 11.7 Å². The fourth-order valence-electron chi connectivity index (χ4n) is 2.70. The van der Waals surface area contributed by atoms with Gasteiger partial charge in [0.05, 0.1) is 10.6 Å². The number of amides is 1. The Bertz CT molecular complexity index is 921. The summed E-state index contributed by atoms with van der Waals surface area (Å²) in [5.41, 5.74) is 1.99. The molecule has 3 rings (SSSR count). The molecule has 0 aliphatic rings. The van der Waals surface area contributed by atoms with Gasteiger partial charge in [0.25, 0.3) is 5.91 Å². The summed E-state index contributed by atoms with van der Waals surface area (Å²) in [5.74, 6) is -0.469. The minimum Gasteiger partial charge on any atom is -0.316 e. The van der Waals surface area contributed by atoms with Crippen LogP contribution in [0.3, 0.4) is 0 Å². The van der Waals surface area contributed by atoms with Crippen molar-refractivity contribution in [3.63, 3.8) is 0 Å². The Morgan fingerprint density at radius 3 is 2.56 bits per heavy atom. The molecule has 3 nitrogen and oxygen atoms in total. The molecule has 0 aliphatic heterocycles. The molecule has 0 spiro atoms. The molecule has 0 aliphatic carbocycles. The van der Waals surface area contributed by atoms with Crippen molar-refractivity contribution in [2.75, 3.05) is 0 Å². The van der Waals surface area contributed by atoms with Gasteiger partial charge in [-0.05, 0) is 54.6 Å². The van der Waals surface area contributed by atoms with Crippen molar-refractivity contribution in [3.8, 4) is 11.3 Å². The number of aromatic nitrogens is 1. The van der Waals surface area contributed by atoms with Crippen LogP contribution < -0.4 is 4.80 Å². The predicted octanol–water partition coefficient (Wildman–Crippen LogP) is 5.13. The number of hydrogen-bond acceptors (Lipinski definition) is 3. The molecule has 0 unspecified atom stereocenters. The first kappa shape index (κ1) is 17.8. The van der Waals surface area contributed by atoms with Crippen molar-refractivity contribution in [2.24, 2.45) is 4.99 Å².